The maximum absolute atomic E-state index is 13.7. The molecule has 0 aromatic heterocycles. The summed E-state index contributed by atoms with van der Waals surface area (Å²) in [4.78, 5) is 31.2. The van der Waals surface area contributed by atoms with E-state index in [0.29, 0.717) is 17.0 Å². The fourth-order valence-electron chi connectivity index (χ4n) is 4.88. The highest BCUT2D eigenvalue weighted by Gasteiger charge is 2.40. The standard InChI is InChI=1S/C30H31N3O2/c1-20-10-12-23(13-11-20)27-28(30(35)33(29(27)34)26-9-7-8-21(2)22(26)3)31-24-14-16-25(17-15-24)32-18-5-4-6-19-32/h7-17,31H,4-6,18-19H2,1-3H3. The van der Waals surface area contributed by atoms with Gasteiger partial charge in [0.25, 0.3) is 11.8 Å². The first-order valence-corrected chi connectivity index (χ1v) is 12.3. The topological polar surface area (TPSA) is 52.7 Å². The number of rotatable bonds is 5. The van der Waals surface area contributed by atoms with Crippen LogP contribution in [0.3, 0.4) is 0 Å². The second kappa shape index (κ2) is 9.41. The van der Waals surface area contributed by atoms with Crippen molar-refractivity contribution in [3.63, 3.8) is 0 Å². The molecule has 0 saturated carbocycles. The number of nitrogens with one attached hydrogen (secondary N) is 1. The van der Waals surface area contributed by atoms with E-state index < -0.39 is 0 Å². The minimum atomic E-state index is -0.334. The number of carbonyl (C=O) groups is 2. The first kappa shape index (κ1) is 22.9. The molecular weight excluding hydrogens is 434 g/mol. The van der Waals surface area contributed by atoms with Crippen LogP contribution in [-0.2, 0) is 9.59 Å². The number of amides is 2. The second-order valence-electron chi connectivity index (χ2n) is 9.50. The zero-order valence-electron chi connectivity index (χ0n) is 20.6. The van der Waals surface area contributed by atoms with E-state index >= 15 is 0 Å². The number of nitrogens with zero attached hydrogens (tertiary/aromatic N) is 2. The molecule has 1 saturated heterocycles. The summed E-state index contributed by atoms with van der Waals surface area (Å²) >= 11 is 0. The molecule has 1 fully saturated rings. The molecule has 5 rings (SSSR count). The Hall–Kier alpha value is -3.86. The third-order valence-electron chi connectivity index (χ3n) is 7.10. The number of carbonyl (C=O) groups excluding carboxylic acids is 2. The molecule has 5 heteroatoms. The largest absolute Gasteiger partial charge is 0.372 e. The number of anilines is 3. The molecule has 0 unspecified atom stereocenters. The minimum absolute atomic E-state index is 0.306. The molecule has 2 aliphatic heterocycles. The molecule has 3 aromatic carbocycles. The van der Waals surface area contributed by atoms with Gasteiger partial charge in [0, 0.05) is 24.5 Å². The summed E-state index contributed by atoms with van der Waals surface area (Å²) < 4.78 is 0. The van der Waals surface area contributed by atoms with E-state index in [4.69, 9.17) is 0 Å². The number of aryl methyl sites for hydroxylation is 2. The van der Waals surface area contributed by atoms with Crippen molar-refractivity contribution in [1.82, 2.24) is 0 Å². The van der Waals surface area contributed by atoms with Gasteiger partial charge in [-0.05, 0) is 87.1 Å². The fourth-order valence-corrected chi connectivity index (χ4v) is 4.88. The maximum atomic E-state index is 13.7. The first-order chi connectivity index (χ1) is 16.9. The van der Waals surface area contributed by atoms with E-state index in [1.165, 1.54) is 29.8 Å². The van der Waals surface area contributed by atoms with Crippen LogP contribution in [0.2, 0.25) is 0 Å². The summed E-state index contributed by atoms with van der Waals surface area (Å²) in [5, 5.41) is 3.30. The summed E-state index contributed by atoms with van der Waals surface area (Å²) in [5.41, 5.74) is 7.10. The number of benzene rings is 3. The molecule has 2 amide bonds. The van der Waals surface area contributed by atoms with Crippen molar-refractivity contribution >= 4 is 34.4 Å². The average molecular weight is 466 g/mol. The van der Waals surface area contributed by atoms with Crippen molar-refractivity contribution < 1.29 is 9.59 Å². The Bertz CT molecular complexity index is 1300. The molecule has 2 aliphatic rings. The lowest BCUT2D eigenvalue weighted by molar-refractivity contribution is -0.120. The zero-order valence-corrected chi connectivity index (χ0v) is 20.6. The predicted octanol–water partition coefficient (Wildman–Crippen LogP) is 6.00. The summed E-state index contributed by atoms with van der Waals surface area (Å²) in [6.45, 7) is 8.09. The molecule has 5 nitrogen and oxygen atoms in total. The van der Waals surface area contributed by atoms with Crippen molar-refractivity contribution in [3.8, 4) is 0 Å². The Morgan fingerprint density at radius 1 is 0.743 bits per heavy atom. The molecule has 0 radical (unpaired) electrons. The Morgan fingerprint density at radius 3 is 2.11 bits per heavy atom. The average Bonchev–Trinajstić information content (AvgIpc) is 3.11. The van der Waals surface area contributed by atoms with Crippen LogP contribution in [-0.4, -0.2) is 24.9 Å². The number of piperidine rings is 1. The highest BCUT2D eigenvalue weighted by molar-refractivity contribution is 6.46. The van der Waals surface area contributed by atoms with Crippen LogP contribution in [0.1, 0.15) is 41.5 Å². The van der Waals surface area contributed by atoms with Crippen LogP contribution in [0, 0.1) is 20.8 Å². The van der Waals surface area contributed by atoms with Gasteiger partial charge in [-0.25, -0.2) is 4.90 Å². The van der Waals surface area contributed by atoms with Gasteiger partial charge in [0.15, 0.2) is 0 Å². The number of imide groups is 1. The van der Waals surface area contributed by atoms with Crippen molar-refractivity contribution in [2.75, 3.05) is 28.2 Å². The molecule has 2 heterocycles. The Kier molecular flexibility index (Phi) is 6.16. The van der Waals surface area contributed by atoms with Crippen molar-refractivity contribution in [2.45, 2.75) is 40.0 Å². The Labute approximate surface area is 207 Å². The Balaban J connectivity index is 1.52. The van der Waals surface area contributed by atoms with Crippen LogP contribution in [0.15, 0.2) is 72.4 Å². The minimum Gasteiger partial charge on any atom is -0.372 e. The lowest BCUT2D eigenvalue weighted by Gasteiger charge is -2.28. The van der Waals surface area contributed by atoms with Gasteiger partial charge in [-0.2, -0.15) is 0 Å². The fraction of sp³-hybridized carbons (Fsp3) is 0.267. The summed E-state index contributed by atoms with van der Waals surface area (Å²) in [6, 6.07) is 21.6. The molecule has 1 N–H and O–H groups in total. The van der Waals surface area contributed by atoms with Gasteiger partial charge in [-0.1, -0.05) is 42.0 Å². The molecule has 178 valence electrons. The van der Waals surface area contributed by atoms with Gasteiger partial charge in [0.05, 0.1) is 11.3 Å². The Morgan fingerprint density at radius 2 is 1.43 bits per heavy atom. The SMILES string of the molecule is Cc1ccc(C2=C(Nc3ccc(N4CCCCC4)cc3)C(=O)N(c3cccc(C)c3C)C2=O)cc1. The van der Waals surface area contributed by atoms with Gasteiger partial charge in [-0.3, -0.25) is 9.59 Å². The van der Waals surface area contributed by atoms with Gasteiger partial charge >= 0.3 is 0 Å². The lowest BCUT2D eigenvalue weighted by atomic mass is 10.0. The monoisotopic (exact) mass is 465 g/mol. The quantitative estimate of drug-likeness (QED) is 0.470. The molecule has 0 aliphatic carbocycles. The number of hydrogen-bond donors (Lipinski definition) is 1. The molecule has 0 spiro atoms. The smallest absolute Gasteiger partial charge is 0.282 e. The van der Waals surface area contributed by atoms with Gasteiger partial charge in [0.2, 0.25) is 0 Å². The van der Waals surface area contributed by atoms with Crippen LogP contribution < -0.4 is 15.1 Å². The van der Waals surface area contributed by atoms with Crippen LogP contribution in [0.4, 0.5) is 17.1 Å². The maximum Gasteiger partial charge on any atom is 0.282 e. The predicted molar refractivity (Wildman–Crippen MR) is 143 cm³/mol. The van der Waals surface area contributed by atoms with E-state index in [-0.39, 0.29) is 11.8 Å². The molecule has 35 heavy (non-hydrogen) atoms. The van der Waals surface area contributed by atoms with Crippen LogP contribution in [0.5, 0.6) is 0 Å². The van der Waals surface area contributed by atoms with Gasteiger partial charge in [0.1, 0.15) is 5.70 Å². The molecule has 0 bridgehead atoms. The van der Waals surface area contributed by atoms with E-state index in [1.54, 1.807) is 0 Å². The van der Waals surface area contributed by atoms with Gasteiger partial charge < -0.3 is 10.2 Å². The lowest BCUT2D eigenvalue weighted by Crippen LogP contribution is -2.33. The number of hydrogen-bond acceptors (Lipinski definition) is 4. The van der Waals surface area contributed by atoms with Crippen LogP contribution in [0.25, 0.3) is 5.57 Å². The van der Waals surface area contributed by atoms with Crippen molar-refractivity contribution in [2.24, 2.45) is 0 Å². The van der Waals surface area contributed by atoms with Gasteiger partial charge in [-0.15, -0.1) is 0 Å². The van der Waals surface area contributed by atoms with Crippen molar-refractivity contribution in [1.29, 1.82) is 0 Å². The third-order valence-corrected chi connectivity index (χ3v) is 7.10. The summed E-state index contributed by atoms with van der Waals surface area (Å²) in [6.07, 6.45) is 3.73. The highest BCUT2D eigenvalue weighted by Crippen LogP contribution is 2.36. The molecule has 3 aromatic rings. The van der Waals surface area contributed by atoms with Crippen LogP contribution >= 0.6 is 0 Å². The summed E-state index contributed by atoms with van der Waals surface area (Å²) in [5.74, 6) is -0.639. The molecular formula is C30H31N3O2. The van der Waals surface area contributed by atoms with E-state index in [9.17, 15) is 9.59 Å². The van der Waals surface area contributed by atoms with Crippen molar-refractivity contribution in [3.05, 3.63) is 94.7 Å². The summed E-state index contributed by atoms with van der Waals surface area (Å²) in [7, 11) is 0. The molecule has 0 atom stereocenters. The third kappa shape index (κ3) is 4.34. The second-order valence-corrected chi connectivity index (χ2v) is 9.50. The van der Waals surface area contributed by atoms with E-state index in [2.05, 4.69) is 22.3 Å². The zero-order chi connectivity index (χ0) is 24.5. The first-order valence-electron chi connectivity index (χ1n) is 12.3. The van der Waals surface area contributed by atoms with E-state index in [0.717, 1.165) is 41.0 Å². The highest BCUT2D eigenvalue weighted by atomic mass is 16.2. The van der Waals surface area contributed by atoms with E-state index in [1.807, 2.05) is 75.4 Å². The normalized spacial score (nSPS) is 16.3.